The molecule has 2 atom stereocenters. The van der Waals surface area contributed by atoms with E-state index in [4.69, 9.17) is 9.47 Å². The maximum atomic E-state index is 5.49. The topological polar surface area (TPSA) is 30.5 Å². The fraction of sp³-hybridized carbons (Fsp3) is 1.00. The highest BCUT2D eigenvalue weighted by Gasteiger charge is 2.28. The molecule has 0 aromatic heterocycles. The minimum Gasteiger partial charge on any atom is -0.379 e. The third kappa shape index (κ3) is 1.17. The summed E-state index contributed by atoms with van der Waals surface area (Å²) in [5.41, 5.74) is 0. The Morgan fingerprint density at radius 3 is 3.20 bits per heavy atom. The van der Waals surface area contributed by atoms with E-state index in [0.29, 0.717) is 12.1 Å². The van der Waals surface area contributed by atoms with Crippen LogP contribution in [0.4, 0.5) is 0 Å². The maximum absolute atomic E-state index is 5.49. The van der Waals surface area contributed by atoms with Gasteiger partial charge in [0.1, 0.15) is 0 Å². The zero-order valence-electron chi connectivity index (χ0n) is 6.01. The van der Waals surface area contributed by atoms with E-state index in [2.05, 4.69) is 5.32 Å². The first kappa shape index (κ1) is 6.58. The molecule has 58 valence electrons. The number of hydrogen-bond acceptors (Lipinski definition) is 3. The smallest absolute Gasteiger partial charge is 0.0962 e. The van der Waals surface area contributed by atoms with Crippen LogP contribution in [-0.4, -0.2) is 38.5 Å². The highest BCUT2D eigenvalue weighted by atomic mass is 16.5. The lowest BCUT2D eigenvalue weighted by Gasteiger charge is -2.35. The molecule has 3 heteroatoms. The second-order valence-corrected chi connectivity index (χ2v) is 2.83. The molecule has 3 nitrogen and oxygen atoms in total. The number of rotatable bonds is 0. The van der Waals surface area contributed by atoms with Gasteiger partial charge in [-0.25, -0.2) is 0 Å². The average Bonchev–Trinajstić information content (AvgIpc) is 2.05. The van der Waals surface area contributed by atoms with Crippen molar-refractivity contribution < 1.29 is 9.47 Å². The van der Waals surface area contributed by atoms with E-state index in [9.17, 15) is 0 Å². The molecule has 0 unspecified atom stereocenters. The maximum Gasteiger partial charge on any atom is 0.0962 e. The van der Waals surface area contributed by atoms with Gasteiger partial charge in [0.15, 0.2) is 0 Å². The Morgan fingerprint density at radius 1 is 1.30 bits per heavy atom. The van der Waals surface area contributed by atoms with Gasteiger partial charge >= 0.3 is 0 Å². The summed E-state index contributed by atoms with van der Waals surface area (Å²) >= 11 is 0. The summed E-state index contributed by atoms with van der Waals surface area (Å²) in [7, 11) is 0. The Hall–Kier alpha value is -0.120. The molecular weight excluding hydrogens is 130 g/mol. The molecule has 0 aromatic rings. The quantitative estimate of drug-likeness (QED) is 0.508. The largest absolute Gasteiger partial charge is 0.379 e. The van der Waals surface area contributed by atoms with Gasteiger partial charge in [0, 0.05) is 19.2 Å². The molecule has 2 rings (SSSR count). The van der Waals surface area contributed by atoms with Crippen LogP contribution in [0.15, 0.2) is 0 Å². The average molecular weight is 143 g/mol. The molecule has 0 amide bonds. The van der Waals surface area contributed by atoms with E-state index in [1.54, 1.807) is 0 Å². The van der Waals surface area contributed by atoms with Crippen LogP contribution in [-0.2, 0) is 9.47 Å². The molecule has 10 heavy (non-hydrogen) atoms. The van der Waals surface area contributed by atoms with Crippen LogP contribution in [0.5, 0.6) is 0 Å². The summed E-state index contributed by atoms with van der Waals surface area (Å²) in [4.78, 5) is 0. The van der Waals surface area contributed by atoms with Crippen molar-refractivity contribution in [3.05, 3.63) is 0 Å². The first-order valence-corrected chi connectivity index (χ1v) is 3.89. The summed E-state index contributed by atoms with van der Waals surface area (Å²) in [6, 6.07) is 0.558. The lowest BCUT2D eigenvalue weighted by atomic mass is 10.1. The second-order valence-electron chi connectivity index (χ2n) is 2.83. The Morgan fingerprint density at radius 2 is 2.30 bits per heavy atom. The van der Waals surface area contributed by atoms with Gasteiger partial charge in [-0.1, -0.05) is 0 Å². The van der Waals surface area contributed by atoms with Gasteiger partial charge in [0.2, 0.25) is 0 Å². The van der Waals surface area contributed by atoms with Gasteiger partial charge in [-0.3, -0.25) is 0 Å². The van der Waals surface area contributed by atoms with Crippen LogP contribution < -0.4 is 5.32 Å². The molecule has 2 aliphatic rings. The third-order valence-corrected chi connectivity index (χ3v) is 2.14. The first-order valence-electron chi connectivity index (χ1n) is 3.89. The highest BCUT2D eigenvalue weighted by Crippen LogP contribution is 2.13. The van der Waals surface area contributed by atoms with Crippen molar-refractivity contribution in [3.8, 4) is 0 Å². The second kappa shape index (κ2) is 2.86. The Bertz CT molecular complexity index is 92.2. The molecule has 0 aromatic carbocycles. The van der Waals surface area contributed by atoms with Gasteiger partial charge in [0.05, 0.1) is 19.3 Å². The molecule has 0 radical (unpaired) electrons. The predicted octanol–water partition coefficient (Wildman–Crippen LogP) is -0.236. The van der Waals surface area contributed by atoms with Gasteiger partial charge in [-0.15, -0.1) is 0 Å². The van der Waals surface area contributed by atoms with Gasteiger partial charge < -0.3 is 14.8 Å². The van der Waals surface area contributed by atoms with E-state index in [0.717, 1.165) is 32.8 Å². The van der Waals surface area contributed by atoms with Crippen molar-refractivity contribution in [2.45, 2.75) is 18.6 Å². The lowest BCUT2D eigenvalue weighted by molar-refractivity contribution is -0.0884. The van der Waals surface area contributed by atoms with E-state index in [1.165, 1.54) is 0 Å². The normalized spacial score (nSPS) is 40.8. The van der Waals surface area contributed by atoms with Crippen molar-refractivity contribution >= 4 is 0 Å². The standard InChI is InChI=1S/C7H13NO2/c1-3-9-5-7-6(1)8-2-4-10-7/h6-8H,1-5H2/t6-,7+/m1/s1. The van der Waals surface area contributed by atoms with Gasteiger partial charge in [-0.05, 0) is 6.42 Å². The number of nitrogens with one attached hydrogen (secondary N) is 1. The lowest BCUT2D eigenvalue weighted by Crippen LogP contribution is -2.53. The highest BCUT2D eigenvalue weighted by molar-refractivity contribution is 4.83. The molecule has 0 spiro atoms. The minimum absolute atomic E-state index is 0.322. The Labute approximate surface area is 60.7 Å². The van der Waals surface area contributed by atoms with E-state index in [1.807, 2.05) is 0 Å². The summed E-state index contributed by atoms with van der Waals surface area (Å²) in [5.74, 6) is 0. The molecule has 0 saturated carbocycles. The van der Waals surface area contributed by atoms with Crippen molar-refractivity contribution in [2.24, 2.45) is 0 Å². The van der Waals surface area contributed by atoms with Crippen LogP contribution in [0.2, 0.25) is 0 Å². The van der Waals surface area contributed by atoms with Crippen LogP contribution in [0.1, 0.15) is 6.42 Å². The third-order valence-electron chi connectivity index (χ3n) is 2.14. The van der Waals surface area contributed by atoms with Crippen LogP contribution in [0.3, 0.4) is 0 Å². The van der Waals surface area contributed by atoms with Crippen molar-refractivity contribution in [1.82, 2.24) is 5.32 Å². The minimum atomic E-state index is 0.322. The van der Waals surface area contributed by atoms with E-state index in [-0.39, 0.29) is 0 Å². The SMILES string of the molecule is C1CO[C@H]2COCC[C@H]2N1. The van der Waals surface area contributed by atoms with E-state index < -0.39 is 0 Å². The van der Waals surface area contributed by atoms with E-state index >= 15 is 0 Å². The zero-order valence-corrected chi connectivity index (χ0v) is 6.01. The molecule has 2 fully saturated rings. The molecule has 2 aliphatic heterocycles. The molecule has 0 bridgehead atoms. The summed E-state index contributed by atoms with van der Waals surface area (Å²) < 4.78 is 10.8. The Balaban J connectivity index is 1.93. The first-order chi connectivity index (χ1) is 4.97. The van der Waals surface area contributed by atoms with Crippen molar-refractivity contribution in [3.63, 3.8) is 0 Å². The Kier molecular flexibility index (Phi) is 1.88. The number of morpholine rings is 1. The van der Waals surface area contributed by atoms with Crippen molar-refractivity contribution in [2.75, 3.05) is 26.4 Å². The zero-order chi connectivity index (χ0) is 6.81. The van der Waals surface area contributed by atoms with Gasteiger partial charge in [-0.2, -0.15) is 0 Å². The fourth-order valence-corrected chi connectivity index (χ4v) is 1.56. The summed E-state index contributed by atoms with van der Waals surface area (Å²) in [6.45, 7) is 3.50. The molecular formula is C7H13NO2. The predicted molar refractivity (Wildman–Crippen MR) is 37.0 cm³/mol. The molecule has 2 saturated heterocycles. The number of fused-ring (bicyclic) bond motifs is 1. The van der Waals surface area contributed by atoms with Crippen LogP contribution in [0.25, 0.3) is 0 Å². The summed E-state index contributed by atoms with van der Waals surface area (Å²) in [6.07, 6.45) is 1.42. The molecule has 2 heterocycles. The van der Waals surface area contributed by atoms with Gasteiger partial charge in [0.25, 0.3) is 0 Å². The van der Waals surface area contributed by atoms with Crippen LogP contribution in [0, 0.1) is 0 Å². The molecule has 0 aliphatic carbocycles. The number of ether oxygens (including phenoxy) is 2. The summed E-state index contributed by atoms with van der Waals surface area (Å²) in [5, 5.41) is 3.42. The monoisotopic (exact) mass is 143 g/mol. The van der Waals surface area contributed by atoms with Crippen LogP contribution >= 0.6 is 0 Å². The molecule has 1 N–H and O–H groups in total. The van der Waals surface area contributed by atoms with Crippen molar-refractivity contribution in [1.29, 1.82) is 0 Å². The number of hydrogen-bond donors (Lipinski definition) is 1. The fourth-order valence-electron chi connectivity index (χ4n) is 1.56.